The van der Waals surface area contributed by atoms with Crippen molar-refractivity contribution in [2.75, 3.05) is 5.32 Å². The number of hydrogen-bond donors (Lipinski definition) is 2. The summed E-state index contributed by atoms with van der Waals surface area (Å²) >= 11 is 0. The van der Waals surface area contributed by atoms with Gasteiger partial charge < -0.3 is 10.4 Å². The SMILES string of the molecule is O=C(O)c1ccc(C2CC2)cc1NCc1ccccc1. The highest BCUT2D eigenvalue weighted by Crippen LogP contribution is 2.41. The molecule has 0 amide bonds. The zero-order valence-electron chi connectivity index (χ0n) is 11.2. The van der Waals surface area contributed by atoms with Crippen molar-refractivity contribution in [2.45, 2.75) is 25.3 Å². The highest BCUT2D eigenvalue weighted by molar-refractivity contribution is 5.94. The predicted molar refractivity (Wildman–Crippen MR) is 79.1 cm³/mol. The minimum atomic E-state index is -0.886. The number of benzene rings is 2. The molecule has 0 spiro atoms. The average molecular weight is 267 g/mol. The number of carbonyl (C=O) groups is 1. The second kappa shape index (κ2) is 5.37. The Bertz CT molecular complexity index is 618. The van der Waals surface area contributed by atoms with Crippen LogP contribution < -0.4 is 5.32 Å². The summed E-state index contributed by atoms with van der Waals surface area (Å²) in [5, 5.41) is 12.5. The van der Waals surface area contributed by atoms with E-state index in [1.807, 2.05) is 42.5 Å². The van der Waals surface area contributed by atoms with Gasteiger partial charge in [-0.15, -0.1) is 0 Å². The molecule has 1 aliphatic carbocycles. The third-order valence-electron chi connectivity index (χ3n) is 3.65. The number of carboxylic acid groups (broad SMARTS) is 1. The van der Waals surface area contributed by atoms with E-state index in [4.69, 9.17) is 0 Å². The number of hydrogen-bond acceptors (Lipinski definition) is 2. The summed E-state index contributed by atoms with van der Waals surface area (Å²) in [6, 6.07) is 15.6. The van der Waals surface area contributed by atoms with Crippen LogP contribution in [0.2, 0.25) is 0 Å². The summed E-state index contributed by atoms with van der Waals surface area (Å²) in [7, 11) is 0. The van der Waals surface area contributed by atoms with Gasteiger partial charge in [-0.05, 0) is 42.0 Å². The summed E-state index contributed by atoms with van der Waals surface area (Å²) in [6.07, 6.45) is 2.43. The van der Waals surface area contributed by atoms with Gasteiger partial charge in [0.1, 0.15) is 0 Å². The fourth-order valence-electron chi connectivity index (χ4n) is 2.36. The smallest absolute Gasteiger partial charge is 0.337 e. The molecule has 1 fully saturated rings. The van der Waals surface area contributed by atoms with Gasteiger partial charge in [-0.3, -0.25) is 0 Å². The van der Waals surface area contributed by atoms with E-state index in [0.29, 0.717) is 23.7 Å². The van der Waals surface area contributed by atoms with Crippen molar-refractivity contribution in [2.24, 2.45) is 0 Å². The Morgan fingerprint density at radius 3 is 2.55 bits per heavy atom. The van der Waals surface area contributed by atoms with Crippen molar-refractivity contribution in [3.05, 3.63) is 65.2 Å². The third kappa shape index (κ3) is 2.82. The summed E-state index contributed by atoms with van der Waals surface area (Å²) in [4.78, 5) is 11.3. The summed E-state index contributed by atoms with van der Waals surface area (Å²) < 4.78 is 0. The van der Waals surface area contributed by atoms with Gasteiger partial charge in [-0.1, -0.05) is 36.4 Å². The van der Waals surface area contributed by atoms with Crippen molar-refractivity contribution in [3.8, 4) is 0 Å². The van der Waals surface area contributed by atoms with Gasteiger partial charge in [0, 0.05) is 12.2 Å². The standard InChI is InChI=1S/C17H17NO2/c19-17(20)15-9-8-14(13-6-7-13)10-16(15)18-11-12-4-2-1-3-5-12/h1-5,8-10,13,18H,6-7,11H2,(H,19,20). The molecule has 2 aromatic rings. The molecule has 1 aliphatic rings. The molecule has 2 N–H and O–H groups in total. The molecule has 102 valence electrons. The first-order valence-electron chi connectivity index (χ1n) is 6.89. The number of nitrogens with one attached hydrogen (secondary N) is 1. The van der Waals surface area contributed by atoms with Crippen LogP contribution in [0.3, 0.4) is 0 Å². The third-order valence-corrected chi connectivity index (χ3v) is 3.65. The van der Waals surface area contributed by atoms with E-state index < -0.39 is 5.97 Å². The highest BCUT2D eigenvalue weighted by Gasteiger charge is 2.24. The second-order valence-corrected chi connectivity index (χ2v) is 5.22. The van der Waals surface area contributed by atoms with E-state index in [2.05, 4.69) is 5.32 Å². The zero-order valence-corrected chi connectivity index (χ0v) is 11.2. The fourth-order valence-corrected chi connectivity index (χ4v) is 2.36. The van der Waals surface area contributed by atoms with Gasteiger partial charge >= 0.3 is 5.97 Å². The first-order valence-corrected chi connectivity index (χ1v) is 6.89. The molecule has 3 nitrogen and oxygen atoms in total. The molecular formula is C17H17NO2. The van der Waals surface area contributed by atoms with Gasteiger partial charge in [-0.25, -0.2) is 4.79 Å². The Morgan fingerprint density at radius 2 is 1.90 bits per heavy atom. The van der Waals surface area contributed by atoms with Crippen LogP contribution >= 0.6 is 0 Å². The maximum Gasteiger partial charge on any atom is 0.337 e. The summed E-state index contributed by atoms with van der Waals surface area (Å²) in [5.74, 6) is -0.266. The van der Waals surface area contributed by atoms with Gasteiger partial charge in [0.05, 0.1) is 5.56 Å². The Labute approximate surface area is 118 Å². The topological polar surface area (TPSA) is 49.3 Å². The Balaban J connectivity index is 1.82. The molecule has 3 rings (SSSR count). The molecule has 0 bridgehead atoms. The summed E-state index contributed by atoms with van der Waals surface area (Å²) in [6.45, 7) is 0.634. The van der Waals surface area contributed by atoms with Gasteiger partial charge in [0.15, 0.2) is 0 Å². The van der Waals surface area contributed by atoms with E-state index in [1.54, 1.807) is 6.07 Å². The number of rotatable bonds is 5. The molecule has 0 unspecified atom stereocenters. The van der Waals surface area contributed by atoms with E-state index >= 15 is 0 Å². The molecule has 0 radical (unpaired) electrons. The molecule has 0 aromatic heterocycles. The van der Waals surface area contributed by atoms with Crippen molar-refractivity contribution < 1.29 is 9.90 Å². The zero-order chi connectivity index (χ0) is 13.9. The van der Waals surface area contributed by atoms with E-state index in [1.165, 1.54) is 18.4 Å². The van der Waals surface area contributed by atoms with E-state index in [9.17, 15) is 9.90 Å². The van der Waals surface area contributed by atoms with Crippen LogP contribution in [-0.4, -0.2) is 11.1 Å². The van der Waals surface area contributed by atoms with Crippen molar-refractivity contribution in [1.29, 1.82) is 0 Å². The fraction of sp³-hybridized carbons (Fsp3) is 0.235. The Kier molecular flexibility index (Phi) is 3.42. The molecule has 0 aliphatic heterocycles. The maximum absolute atomic E-state index is 11.3. The normalized spacial score (nSPS) is 14.0. The van der Waals surface area contributed by atoms with Crippen LogP contribution in [0.1, 0.15) is 40.2 Å². The molecular weight excluding hydrogens is 250 g/mol. The maximum atomic E-state index is 11.3. The molecule has 0 saturated heterocycles. The molecule has 3 heteroatoms. The van der Waals surface area contributed by atoms with Gasteiger partial charge in [0.25, 0.3) is 0 Å². The van der Waals surface area contributed by atoms with E-state index in [0.717, 1.165) is 5.56 Å². The second-order valence-electron chi connectivity index (χ2n) is 5.22. The first-order chi connectivity index (χ1) is 9.74. The minimum Gasteiger partial charge on any atom is -0.478 e. The molecule has 0 atom stereocenters. The van der Waals surface area contributed by atoms with Crippen LogP contribution in [-0.2, 0) is 6.54 Å². The monoisotopic (exact) mass is 267 g/mol. The first kappa shape index (κ1) is 12.7. The largest absolute Gasteiger partial charge is 0.478 e. The number of aromatic carboxylic acids is 1. The quantitative estimate of drug-likeness (QED) is 0.864. The van der Waals surface area contributed by atoms with Crippen LogP contribution in [0.4, 0.5) is 5.69 Å². The molecule has 1 saturated carbocycles. The lowest BCUT2D eigenvalue weighted by Crippen LogP contribution is -2.07. The predicted octanol–water partition coefficient (Wildman–Crippen LogP) is 3.87. The lowest BCUT2D eigenvalue weighted by Gasteiger charge is -2.11. The van der Waals surface area contributed by atoms with Crippen LogP contribution in [0, 0.1) is 0 Å². The minimum absolute atomic E-state index is 0.338. The molecule has 20 heavy (non-hydrogen) atoms. The molecule has 0 heterocycles. The van der Waals surface area contributed by atoms with E-state index in [-0.39, 0.29) is 0 Å². The van der Waals surface area contributed by atoms with Gasteiger partial charge in [-0.2, -0.15) is 0 Å². The van der Waals surface area contributed by atoms with Crippen molar-refractivity contribution >= 4 is 11.7 Å². The van der Waals surface area contributed by atoms with Crippen LogP contribution in [0.25, 0.3) is 0 Å². The number of carboxylic acids is 1. The summed E-state index contributed by atoms with van der Waals surface area (Å²) in [5.41, 5.74) is 3.43. The Hall–Kier alpha value is -2.29. The van der Waals surface area contributed by atoms with Crippen molar-refractivity contribution in [3.63, 3.8) is 0 Å². The molecule has 2 aromatic carbocycles. The average Bonchev–Trinajstić information content (AvgIpc) is 3.30. The lowest BCUT2D eigenvalue weighted by molar-refractivity contribution is 0.0698. The van der Waals surface area contributed by atoms with Crippen LogP contribution in [0.15, 0.2) is 48.5 Å². The van der Waals surface area contributed by atoms with Gasteiger partial charge in [0.2, 0.25) is 0 Å². The highest BCUT2D eigenvalue weighted by atomic mass is 16.4. The van der Waals surface area contributed by atoms with Crippen LogP contribution in [0.5, 0.6) is 0 Å². The van der Waals surface area contributed by atoms with Crippen molar-refractivity contribution in [1.82, 2.24) is 0 Å². The Morgan fingerprint density at radius 1 is 1.15 bits per heavy atom. The number of anilines is 1. The lowest BCUT2D eigenvalue weighted by atomic mass is 10.1.